The molecule has 1 aromatic heterocycles. The zero-order chi connectivity index (χ0) is 22.5. The highest BCUT2D eigenvalue weighted by atomic mass is 35.5. The minimum absolute atomic E-state index is 0.0140. The van der Waals surface area contributed by atoms with Gasteiger partial charge in [0, 0.05) is 55.3 Å². The van der Waals surface area contributed by atoms with Crippen molar-refractivity contribution in [1.82, 2.24) is 9.88 Å². The smallest absolute Gasteiger partial charge is 0.288 e. The van der Waals surface area contributed by atoms with E-state index >= 15 is 0 Å². The summed E-state index contributed by atoms with van der Waals surface area (Å²) in [4.78, 5) is 30.9. The molecule has 1 aromatic carbocycles. The minimum Gasteiger partial charge on any atom is -0.495 e. The Morgan fingerprint density at radius 1 is 1.32 bits per heavy atom. The molecule has 2 N–H and O–H groups in total. The summed E-state index contributed by atoms with van der Waals surface area (Å²) >= 11 is 6.08. The number of rotatable bonds is 7. The molecule has 1 saturated heterocycles. The third-order valence-electron chi connectivity index (χ3n) is 5.03. The molecule has 164 valence electrons. The number of hydrogen-bond donors (Lipinski definition) is 2. The molecule has 0 aliphatic carbocycles. The number of hydrogen-bond acceptors (Lipinski definition) is 8. The van der Waals surface area contributed by atoms with Gasteiger partial charge in [-0.05, 0) is 19.1 Å². The van der Waals surface area contributed by atoms with Gasteiger partial charge in [0.2, 0.25) is 5.91 Å². The van der Waals surface area contributed by atoms with Crippen molar-refractivity contribution in [3.8, 4) is 5.75 Å². The van der Waals surface area contributed by atoms with Crippen LogP contribution in [0, 0.1) is 15.5 Å². The number of nitro groups is 1. The Morgan fingerprint density at radius 3 is 2.65 bits per heavy atom. The van der Waals surface area contributed by atoms with E-state index in [2.05, 4.69) is 15.2 Å². The number of piperazine rings is 1. The molecule has 0 radical (unpaired) electrons. The number of benzene rings is 1. The topological polar surface area (TPSA) is 125 Å². The Morgan fingerprint density at radius 2 is 2.03 bits per heavy atom. The van der Waals surface area contributed by atoms with Gasteiger partial charge in [0.05, 0.1) is 23.6 Å². The monoisotopic (exact) mass is 446 g/mol. The lowest BCUT2D eigenvalue weighted by Crippen LogP contribution is -2.50. The van der Waals surface area contributed by atoms with Crippen molar-refractivity contribution in [3.63, 3.8) is 0 Å². The van der Waals surface area contributed by atoms with Crippen molar-refractivity contribution < 1.29 is 14.5 Å². The predicted octanol–water partition coefficient (Wildman–Crippen LogP) is 2.80. The van der Waals surface area contributed by atoms with E-state index in [0.717, 1.165) is 11.9 Å². The van der Waals surface area contributed by atoms with Crippen molar-refractivity contribution in [2.75, 3.05) is 50.1 Å². The summed E-state index contributed by atoms with van der Waals surface area (Å²) < 4.78 is 5.27. The van der Waals surface area contributed by atoms with Crippen LogP contribution in [0.4, 0.5) is 17.2 Å². The van der Waals surface area contributed by atoms with Crippen LogP contribution in [-0.4, -0.2) is 66.3 Å². The van der Waals surface area contributed by atoms with E-state index in [1.807, 2.05) is 12.1 Å². The van der Waals surface area contributed by atoms with Crippen molar-refractivity contribution in [3.05, 3.63) is 51.2 Å². The van der Waals surface area contributed by atoms with Gasteiger partial charge in [0.1, 0.15) is 17.8 Å². The highest BCUT2D eigenvalue weighted by Crippen LogP contribution is 2.29. The van der Waals surface area contributed by atoms with Crippen LogP contribution in [-0.2, 0) is 4.79 Å². The standard InChI is InChI=1S/C20H23ClN6O4/c1-13(22)16-9-15(27(29)30)11-23-20(16)24-12-19(28)26-7-5-25(6-8-26)14-3-4-17(21)18(10-14)31-2/h3-4,9-11,22H,5-8,12H2,1-2H3,(H,23,24). The van der Waals surface area contributed by atoms with Gasteiger partial charge in [-0.3, -0.25) is 14.9 Å². The quantitative estimate of drug-likeness (QED) is 0.380. The summed E-state index contributed by atoms with van der Waals surface area (Å²) in [7, 11) is 1.57. The van der Waals surface area contributed by atoms with Crippen LogP contribution in [0.3, 0.4) is 0 Å². The fraction of sp³-hybridized carbons (Fsp3) is 0.350. The van der Waals surface area contributed by atoms with Crippen LogP contribution in [0.2, 0.25) is 5.02 Å². The van der Waals surface area contributed by atoms with E-state index in [-0.39, 0.29) is 29.7 Å². The van der Waals surface area contributed by atoms with Crippen LogP contribution in [0.25, 0.3) is 0 Å². The molecule has 10 nitrogen and oxygen atoms in total. The second-order valence-electron chi connectivity index (χ2n) is 7.01. The number of halogens is 1. The first-order valence-corrected chi connectivity index (χ1v) is 9.98. The normalized spacial score (nSPS) is 13.6. The number of anilines is 2. The zero-order valence-corrected chi connectivity index (χ0v) is 18.0. The van der Waals surface area contributed by atoms with Gasteiger partial charge in [0.25, 0.3) is 5.69 Å². The second-order valence-corrected chi connectivity index (χ2v) is 7.42. The molecule has 0 saturated carbocycles. The van der Waals surface area contributed by atoms with Gasteiger partial charge in [-0.25, -0.2) is 4.98 Å². The summed E-state index contributed by atoms with van der Waals surface area (Å²) in [5.74, 6) is 0.773. The first kappa shape index (κ1) is 22.3. The third kappa shape index (κ3) is 5.21. The van der Waals surface area contributed by atoms with Crippen molar-refractivity contribution in [1.29, 1.82) is 5.41 Å². The number of ether oxygens (including phenoxy) is 1. The molecule has 0 atom stereocenters. The van der Waals surface area contributed by atoms with Gasteiger partial charge in [0.15, 0.2) is 0 Å². The Balaban J connectivity index is 1.58. The van der Waals surface area contributed by atoms with Crippen molar-refractivity contribution >= 4 is 40.4 Å². The molecule has 31 heavy (non-hydrogen) atoms. The van der Waals surface area contributed by atoms with Gasteiger partial charge in [-0.15, -0.1) is 0 Å². The largest absolute Gasteiger partial charge is 0.495 e. The average molecular weight is 447 g/mol. The van der Waals surface area contributed by atoms with Crippen LogP contribution in [0.1, 0.15) is 12.5 Å². The molecule has 2 heterocycles. The van der Waals surface area contributed by atoms with E-state index < -0.39 is 4.92 Å². The molecule has 1 aliphatic heterocycles. The van der Waals surface area contributed by atoms with Crippen LogP contribution < -0.4 is 15.0 Å². The predicted molar refractivity (Wildman–Crippen MR) is 119 cm³/mol. The molecular weight excluding hydrogens is 424 g/mol. The van der Waals surface area contributed by atoms with Gasteiger partial charge in [-0.2, -0.15) is 0 Å². The Labute approximate surface area is 184 Å². The number of pyridine rings is 1. The molecule has 0 unspecified atom stereocenters. The molecule has 1 aliphatic rings. The van der Waals surface area contributed by atoms with E-state index in [1.54, 1.807) is 18.1 Å². The summed E-state index contributed by atoms with van der Waals surface area (Å²) in [6, 6.07) is 6.87. The van der Waals surface area contributed by atoms with Crippen molar-refractivity contribution in [2.24, 2.45) is 0 Å². The first-order valence-electron chi connectivity index (χ1n) is 9.60. The average Bonchev–Trinajstić information content (AvgIpc) is 2.77. The maximum atomic E-state index is 12.6. The van der Waals surface area contributed by atoms with Gasteiger partial charge >= 0.3 is 0 Å². The summed E-state index contributed by atoms with van der Waals surface area (Å²) in [6.07, 6.45) is 1.11. The molecule has 0 spiro atoms. The lowest BCUT2D eigenvalue weighted by molar-refractivity contribution is -0.385. The number of carbonyl (C=O) groups is 1. The van der Waals surface area contributed by atoms with Crippen molar-refractivity contribution in [2.45, 2.75) is 6.92 Å². The maximum Gasteiger partial charge on any atom is 0.288 e. The SMILES string of the molecule is COc1cc(N2CCN(C(=O)CNc3ncc([N+](=O)[O-])cc3C(C)=N)CC2)ccc1Cl. The second kappa shape index (κ2) is 9.61. The first-order chi connectivity index (χ1) is 14.8. The number of carbonyl (C=O) groups excluding carboxylic acids is 1. The summed E-state index contributed by atoms with van der Waals surface area (Å²) in [5.41, 5.74) is 1.20. The van der Waals surface area contributed by atoms with E-state index in [0.29, 0.717) is 42.5 Å². The number of amides is 1. The number of aromatic nitrogens is 1. The maximum absolute atomic E-state index is 12.6. The molecule has 3 rings (SSSR count). The molecule has 1 fully saturated rings. The number of nitrogens with one attached hydrogen (secondary N) is 2. The highest BCUT2D eigenvalue weighted by molar-refractivity contribution is 6.32. The Hall–Kier alpha value is -3.40. The summed E-state index contributed by atoms with van der Waals surface area (Å²) in [6.45, 7) is 3.93. The van der Waals surface area contributed by atoms with Gasteiger partial charge in [-0.1, -0.05) is 11.6 Å². The summed E-state index contributed by atoms with van der Waals surface area (Å²) in [5, 5.41) is 22.2. The lowest BCUT2D eigenvalue weighted by atomic mass is 10.1. The fourth-order valence-electron chi connectivity index (χ4n) is 3.31. The lowest BCUT2D eigenvalue weighted by Gasteiger charge is -2.36. The number of methoxy groups -OCH3 is 1. The fourth-order valence-corrected chi connectivity index (χ4v) is 3.51. The zero-order valence-electron chi connectivity index (χ0n) is 17.2. The van der Waals surface area contributed by atoms with Crippen LogP contribution in [0.15, 0.2) is 30.5 Å². The molecular formula is C20H23ClN6O4. The Bertz CT molecular complexity index is 1010. The minimum atomic E-state index is -0.565. The number of nitrogens with zero attached hydrogens (tertiary/aromatic N) is 4. The van der Waals surface area contributed by atoms with Gasteiger partial charge < -0.3 is 25.3 Å². The highest BCUT2D eigenvalue weighted by Gasteiger charge is 2.22. The molecule has 2 aromatic rings. The van der Waals surface area contributed by atoms with Crippen LogP contribution in [0.5, 0.6) is 5.75 Å². The molecule has 0 bridgehead atoms. The third-order valence-corrected chi connectivity index (χ3v) is 5.34. The Kier molecular flexibility index (Phi) is 6.91. The van der Waals surface area contributed by atoms with E-state index in [1.165, 1.54) is 13.0 Å². The van der Waals surface area contributed by atoms with E-state index in [9.17, 15) is 14.9 Å². The molecule has 11 heteroatoms. The molecule has 1 amide bonds. The van der Waals surface area contributed by atoms with Crippen LogP contribution >= 0.6 is 11.6 Å². The van der Waals surface area contributed by atoms with E-state index in [4.69, 9.17) is 21.7 Å².